The fourth-order valence-electron chi connectivity index (χ4n) is 1.99. The van der Waals surface area contributed by atoms with Gasteiger partial charge in [0.05, 0.1) is 5.02 Å². The van der Waals surface area contributed by atoms with Crippen LogP contribution in [0.1, 0.15) is 30.4 Å². The van der Waals surface area contributed by atoms with Crippen LogP contribution in [0.3, 0.4) is 0 Å². The molecule has 2 N–H and O–H groups in total. The van der Waals surface area contributed by atoms with Crippen LogP contribution in [0.5, 0.6) is 5.75 Å². The summed E-state index contributed by atoms with van der Waals surface area (Å²) < 4.78 is 10.8. The highest BCUT2D eigenvalue weighted by atomic mass is 35.5. The quantitative estimate of drug-likeness (QED) is 0.865. The predicted molar refractivity (Wildman–Crippen MR) is 84.0 cm³/mol. The van der Waals surface area contributed by atoms with Gasteiger partial charge in [-0.3, -0.25) is 0 Å². The van der Waals surface area contributed by atoms with E-state index in [4.69, 9.17) is 38.2 Å². The van der Waals surface area contributed by atoms with Crippen molar-refractivity contribution in [1.82, 2.24) is 5.16 Å². The number of benzene rings is 1. The molecule has 0 amide bonds. The minimum Gasteiger partial charge on any atom is -0.485 e. The van der Waals surface area contributed by atoms with E-state index in [9.17, 15) is 0 Å². The van der Waals surface area contributed by atoms with E-state index in [-0.39, 0.29) is 12.6 Å². The molecule has 2 aromatic rings. The molecule has 0 saturated carbocycles. The van der Waals surface area contributed by atoms with E-state index in [0.29, 0.717) is 27.9 Å². The average Bonchev–Trinajstić information content (AvgIpc) is 2.83. The second-order valence-corrected chi connectivity index (χ2v) is 5.81. The van der Waals surface area contributed by atoms with E-state index in [1.54, 1.807) is 6.07 Å². The third-order valence-electron chi connectivity index (χ3n) is 3.13. The molecule has 2 rings (SSSR count). The van der Waals surface area contributed by atoms with Gasteiger partial charge in [0.2, 0.25) is 0 Å². The molecule has 21 heavy (non-hydrogen) atoms. The van der Waals surface area contributed by atoms with Crippen molar-refractivity contribution < 1.29 is 9.26 Å². The van der Waals surface area contributed by atoms with Crippen LogP contribution in [-0.2, 0) is 13.0 Å². The molecule has 1 aromatic carbocycles. The van der Waals surface area contributed by atoms with Crippen molar-refractivity contribution in [1.29, 1.82) is 0 Å². The molecule has 0 bridgehead atoms. The summed E-state index contributed by atoms with van der Waals surface area (Å²) in [5.74, 6) is 1.34. The number of nitrogens with zero attached hydrogens (tertiary/aromatic N) is 1. The van der Waals surface area contributed by atoms with Crippen molar-refractivity contribution in [3.8, 4) is 5.75 Å². The van der Waals surface area contributed by atoms with Crippen LogP contribution in [0.4, 0.5) is 0 Å². The molecule has 0 radical (unpaired) electrons. The van der Waals surface area contributed by atoms with E-state index in [1.807, 2.05) is 26.0 Å². The number of nitrogens with two attached hydrogens (primary N) is 1. The summed E-state index contributed by atoms with van der Waals surface area (Å²) in [4.78, 5) is 0. The third-order valence-corrected chi connectivity index (χ3v) is 3.63. The van der Waals surface area contributed by atoms with Gasteiger partial charge in [0, 0.05) is 17.1 Å². The van der Waals surface area contributed by atoms with Gasteiger partial charge >= 0.3 is 0 Å². The standard InChI is InChI=1S/C15H18Cl2N2O2/c1-3-12(18)6-10-5-11(16)7-14(17)15(10)20-8-13-4-9(2)21-19-13/h4-5,7,12H,3,6,8,18H2,1-2H3. The maximum atomic E-state index is 6.24. The molecule has 0 saturated heterocycles. The number of rotatable bonds is 6. The van der Waals surface area contributed by atoms with E-state index in [1.165, 1.54) is 0 Å². The molecule has 4 nitrogen and oxygen atoms in total. The van der Waals surface area contributed by atoms with Gasteiger partial charge < -0.3 is 15.0 Å². The second kappa shape index (κ2) is 7.16. The second-order valence-electron chi connectivity index (χ2n) is 4.97. The van der Waals surface area contributed by atoms with Gasteiger partial charge in [-0.25, -0.2) is 0 Å². The molecule has 1 aromatic heterocycles. The lowest BCUT2D eigenvalue weighted by Crippen LogP contribution is -2.21. The van der Waals surface area contributed by atoms with E-state index < -0.39 is 0 Å². The van der Waals surface area contributed by atoms with Crippen LogP contribution in [0, 0.1) is 6.92 Å². The fourth-order valence-corrected chi connectivity index (χ4v) is 2.58. The predicted octanol–water partition coefficient (Wildman–Crippen LogP) is 4.15. The number of hydrogen-bond acceptors (Lipinski definition) is 4. The molecular formula is C15H18Cl2N2O2. The lowest BCUT2D eigenvalue weighted by Gasteiger charge is -2.15. The Kier molecular flexibility index (Phi) is 5.51. The minimum atomic E-state index is 0.0381. The normalized spacial score (nSPS) is 12.4. The van der Waals surface area contributed by atoms with E-state index in [0.717, 1.165) is 17.7 Å². The van der Waals surface area contributed by atoms with Crippen molar-refractivity contribution in [2.75, 3.05) is 0 Å². The van der Waals surface area contributed by atoms with E-state index in [2.05, 4.69) is 5.16 Å². The smallest absolute Gasteiger partial charge is 0.141 e. The van der Waals surface area contributed by atoms with Gasteiger partial charge in [-0.2, -0.15) is 0 Å². The van der Waals surface area contributed by atoms with Gasteiger partial charge in [-0.1, -0.05) is 35.3 Å². The molecule has 0 spiro atoms. The molecule has 1 heterocycles. The minimum absolute atomic E-state index is 0.0381. The van der Waals surface area contributed by atoms with Crippen molar-refractivity contribution in [2.24, 2.45) is 5.73 Å². The largest absolute Gasteiger partial charge is 0.485 e. The Morgan fingerprint density at radius 1 is 1.33 bits per heavy atom. The molecule has 0 aliphatic rings. The van der Waals surface area contributed by atoms with Crippen molar-refractivity contribution in [3.63, 3.8) is 0 Å². The molecule has 6 heteroatoms. The van der Waals surface area contributed by atoms with Crippen LogP contribution in [0.25, 0.3) is 0 Å². The zero-order valence-electron chi connectivity index (χ0n) is 12.0. The molecule has 0 fully saturated rings. The summed E-state index contributed by atoms with van der Waals surface area (Å²) in [7, 11) is 0. The van der Waals surface area contributed by atoms with Gasteiger partial charge in [0.15, 0.2) is 0 Å². The first-order valence-corrected chi connectivity index (χ1v) is 7.53. The third kappa shape index (κ3) is 4.37. The molecule has 1 atom stereocenters. The lowest BCUT2D eigenvalue weighted by atomic mass is 10.0. The zero-order valence-corrected chi connectivity index (χ0v) is 13.5. The Morgan fingerprint density at radius 3 is 2.71 bits per heavy atom. The number of halogens is 2. The summed E-state index contributed by atoms with van der Waals surface area (Å²) in [5, 5.41) is 4.94. The fraction of sp³-hybridized carbons (Fsp3) is 0.400. The van der Waals surface area contributed by atoms with Crippen LogP contribution < -0.4 is 10.5 Å². The SMILES string of the molecule is CCC(N)Cc1cc(Cl)cc(Cl)c1OCc1cc(C)on1. The summed E-state index contributed by atoms with van der Waals surface area (Å²) in [6.07, 6.45) is 1.52. The summed E-state index contributed by atoms with van der Waals surface area (Å²) in [5.41, 5.74) is 7.63. The van der Waals surface area contributed by atoms with Gasteiger partial charge in [-0.05, 0) is 37.5 Å². The van der Waals surface area contributed by atoms with Gasteiger partial charge in [0.1, 0.15) is 23.8 Å². The first kappa shape index (κ1) is 16.1. The number of ether oxygens (including phenoxy) is 1. The molecular weight excluding hydrogens is 311 g/mol. The molecule has 114 valence electrons. The topological polar surface area (TPSA) is 61.3 Å². The Hall–Kier alpha value is -1.23. The van der Waals surface area contributed by atoms with Crippen molar-refractivity contribution in [2.45, 2.75) is 39.3 Å². The summed E-state index contributed by atoms with van der Waals surface area (Å²) in [6, 6.07) is 5.36. The van der Waals surface area contributed by atoms with Crippen molar-refractivity contribution in [3.05, 3.63) is 45.3 Å². The highest BCUT2D eigenvalue weighted by Gasteiger charge is 2.14. The number of aryl methyl sites for hydroxylation is 1. The Labute approximate surface area is 134 Å². The number of aromatic nitrogens is 1. The van der Waals surface area contributed by atoms with Crippen molar-refractivity contribution >= 4 is 23.2 Å². The van der Waals surface area contributed by atoms with E-state index >= 15 is 0 Å². The molecule has 1 unspecified atom stereocenters. The van der Waals surface area contributed by atoms with Crippen LogP contribution in [0.2, 0.25) is 10.0 Å². The number of hydrogen-bond donors (Lipinski definition) is 1. The first-order valence-electron chi connectivity index (χ1n) is 6.78. The highest BCUT2D eigenvalue weighted by molar-refractivity contribution is 6.35. The van der Waals surface area contributed by atoms with Crippen LogP contribution in [-0.4, -0.2) is 11.2 Å². The van der Waals surface area contributed by atoms with Crippen LogP contribution in [0.15, 0.2) is 22.7 Å². The van der Waals surface area contributed by atoms with Gasteiger partial charge in [0.25, 0.3) is 0 Å². The van der Waals surface area contributed by atoms with Gasteiger partial charge in [-0.15, -0.1) is 0 Å². The lowest BCUT2D eigenvalue weighted by molar-refractivity contribution is 0.285. The monoisotopic (exact) mass is 328 g/mol. The summed E-state index contributed by atoms with van der Waals surface area (Å²) >= 11 is 12.3. The zero-order chi connectivity index (χ0) is 15.4. The highest BCUT2D eigenvalue weighted by Crippen LogP contribution is 2.34. The maximum Gasteiger partial charge on any atom is 0.141 e. The van der Waals surface area contributed by atoms with Crippen LogP contribution >= 0.6 is 23.2 Å². The first-order chi connectivity index (χ1) is 9.99. The average molecular weight is 329 g/mol. The Morgan fingerprint density at radius 2 is 2.10 bits per heavy atom. The molecule has 0 aliphatic carbocycles. The molecule has 0 aliphatic heterocycles. The maximum absolute atomic E-state index is 6.24. The Bertz CT molecular complexity index is 614. The Balaban J connectivity index is 2.19. The summed E-state index contributed by atoms with van der Waals surface area (Å²) in [6.45, 7) is 4.15.